The molecule has 3 rings (SSSR count). The number of nitrogens with zero attached hydrogens (tertiary/aromatic N) is 1. The van der Waals surface area contributed by atoms with Crippen molar-refractivity contribution in [1.82, 2.24) is 5.06 Å². The van der Waals surface area contributed by atoms with Crippen molar-refractivity contribution in [2.75, 3.05) is 11.5 Å². The van der Waals surface area contributed by atoms with Gasteiger partial charge in [0.2, 0.25) is 0 Å². The molecular formula is C11H13NO4S. The van der Waals surface area contributed by atoms with Crippen LogP contribution < -0.4 is 0 Å². The third-order valence-corrected chi connectivity index (χ3v) is 4.70. The molecular weight excluding hydrogens is 242 g/mol. The number of ketones is 1. The first-order chi connectivity index (χ1) is 8.11. The smallest absolute Gasteiger partial charge is 0.354 e. The topological polar surface area (TPSA) is 66.8 Å². The summed E-state index contributed by atoms with van der Waals surface area (Å²) in [5, 5.41) is 10.7. The van der Waals surface area contributed by atoms with Crippen LogP contribution in [0.5, 0.6) is 0 Å². The van der Waals surface area contributed by atoms with Crippen LogP contribution in [0.1, 0.15) is 13.3 Å². The lowest BCUT2D eigenvalue weighted by Gasteiger charge is -2.45. The van der Waals surface area contributed by atoms with Crippen molar-refractivity contribution in [1.29, 1.82) is 0 Å². The highest BCUT2D eigenvalue weighted by atomic mass is 32.2. The molecule has 0 aliphatic carbocycles. The van der Waals surface area contributed by atoms with Gasteiger partial charge in [-0.3, -0.25) is 9.63 Å². The van der Waals surface area contributed by atoms with Crippen molar-refractivity contribution >= 4 is 23.5 Å². The molecule has 0 aromatic heterocycles. The number of carbonyl (C=O) groups is 2. The zero-order valence-electron chi connectivity index (χ0n) is 9.38. The minimum atomic E-state index is -0.943. The molecule has 1 unspecified atom stereocenters. The summed E-state index contributed by atoms with van der Waals surface area (Å²) in [6.07, 6.45) is 0.336. The number of carbonyl (C=O) groups excluding carboxylic acids is 1. The van der Waals surface area contributed by atoms with Crippen LogP contribution in [0.15, 0.2) is 11.3 Å². The molecule has 0 amide bonds. The lowest BCUT2D eigenvalue weighted by Crippen LogP contribution is -2.61. The minimum absolute atomic E-state index is 0.0205. The lowest BCUT2D eigenvalue weighted by atomic mass is 9.88. The number of aliphatic carboxylic acids is 1. The fraction of sp³-hybridized carbons (Fsp3) is 0.636. The van der Waals surface area contributed by atoms with Gasteiger partial charge in [-0.2, -0.15) is 11.8 Å². The fourth-order valence-corrected chi connectivity index (χ4v) is 4.04. The number of hydrogen-bond acceptors (Lipinski definition) is 5. The molecule has 3 aliphatic heterocycles. The van der Waals surface area contributed by atoms with Gasteiger partial charge in [-0.25, -0.2) is 9.86 Å². The predicted octanol–water partition coefficient (Wildman–Crippen LogP) is 0.665. The highest BCUT2D eigenvalue weighted by Gasteiger charge is 2.57. The summed E-state index contributed by atoms with van der Waals surface area (Å²) in [5.74, 6) is 1.05. The van der Waals surface area contributed by atoms with Gasteiger partial charge in [-0.15, -0.1) is 0 Å². The largest absolute Gasteiger partial charge is 0.477 e. The molecule has 92 valence electrons. The monoisotopic (exact) mass is 255 g/mol. The van der Waals surface area contributed by atoms with Gasteiger partial charge in [0.1, 0.15) is 11.7 Å². The number of carboxylic acids is 1. The number of fused-ring (bicyclic) bond motifs is 3. The Bertz CT molecular complexity index is 433. The number of rotatable bonds is 2. The summed E-state index contributed by atoms with van der Waals surface area (Å²) >= 11 is 1.82. The molecule has 1 N–H and O–H groups in total. The molecule has 0 radical (unpaired) electrons. The number of hydroxylamine groups is 2. The van der Waals surface area contributed by atoms with E-state index in [1.807, 2.05) is 11.8 Å². The van der Waals surface area contributed by atoms with E-state index in [1.54, 1.807) is 0 Å². The molecule has 0 aromatic carbocycles. The van der Waals surface area contributed by atoms with Crippen LogP contribution in [0.25, 0.3) is 0 Å². The summed E-state index contributed by atoms with van der Waals surface area (Å²) in [6.45, 7) is 1.50. The number of carboxylic acid groups (broad SMARTS) is 1. The number of thioether (sulfide) groups is 1. The molecule has 3 aliphatic rings. The third kappa shape index (κ3) is 1.43. The summed E-state index contributed by atoms with van der Waals surface area (Å²) in [4.78, 5) is 28.0. The maximum absolute atomic E-state index is 11.4. The fourth-order valence-electron chi connectivity index (χ4n) is 2.86. The van der Waals surface area contributed by atoms with Gasteiger partial charge >= 0.3 is 5.97 Å². The van der Waals surface area contributed by atoms with Crippen LogP contribution >= 0.6 is 11.8 Å². The Morgan fingerprint density at radius 2 is 2.29 bits per heavy atom. The van der Waals surface area contributed by atoms with Gasteiger partial charge in [0.05, 0.1) is 0 Å². The Morgan fingerprint density at radius 3 is 2.94 bits per heavy atom. The normalized spacial score (nSPS) is 35.1. The van der Waals surface area contributed by atoms with E-state index in [0.717, 1.165) is 23.5 Å². The van der Waals surface area contributed by atoms with E-state index in [9.17, 15) is 14.7 Å². The first kappa shape index (κ1) is 11.1. The van der Waals surface area contributed by atoms with Crippen LogP contribution in [0, 0.1) is 5.92 Å². The first-order valence-corrected chi connectivity index (χ1v) is 6.77. The molecule has 0 spiro atoms. The molecule has 0 saturated carbocycles. The van der Waals surface area contributed by atoms with Gasteiger partial charge in [-0.05, 0) is 24.7 Å². The van der Waals surface area contributed by atoms with Crippen molar-refractivity contribution in [3.63, 3.8) is 0 Å². The summed E-state index contributed by atoms with van der Waals surface area (Å²) in [5.41, 5.74) is 1.24. The maximum Gasteiger partial charge on any atom is 0.354 e. The average molecular weight is 255 g/mol. The van der Waals surface area contributed by atoms with Crippen LogP contribution in [0.3, 0.4) is 0 Å². The summed E-state index contributed by atoms with van der Waals surface area (Å²) in [6, 6.07) is -0.0820. The van der Waals surface area contributed by atoms with E-state index in [0.29, 0.717) is 0 Å². The molecule has 0 aromatic rings. The molecule has 0 bridgehead atoms. The van der Waals surface area contributed by atoms with Crippen molar-refractivity contribution in [2.45, 2.75) is 25.5 Å². The van der Waals surface area contributed by atoms with Crippen molar-refractivity contribution in [3.05, 3.63) is 11.3 Å². The Labute approximate surface area is 103 Å². The van der Waals surface area contributed by atoms with E-state index >= 15 is 0 Å². The van der Waals surface area contributed by atoms with Gasteiger partial charge < -0.3 is 5.11 Å². The summed E-state index contributed by atoms with van der Waals surface area (Å²) in [7, 11) is 0. The molecule has 6 heteroatoms. The van der Waals surface area contributed by atoms with E-state index in [2.05, 4.69) is 0 Å². The molecule has 5 nitrogen and oxygen atoms in total. The predicted molar refractivity (Wildman–Crippen MR) is 61.3 cm³/mol. The molecule has 3 heterocycles. The average Bonchev–Trinajstić information content (AvgIpc) is 2.47. The van der Waals surface area contributed by atoms with Gasteiger partial charge in [0.15, 0.2) is 11.9 Å². The quantitative estimate of drug-likeness (QED) is 0.782. The zero-order chi connectivity index (χ0) is 12.2. The van der Waals surface area contributed by atoms with Crippen LogP contribution in [-0.4, -0.2) is 45.6 Å². The zero-order valence-corrected chi connectivity index (χ0v) is 10.2. The molecule has 2 saturated heterocycles. The second-order valence-corrected chi connectivity index (χ2v) is 5.71. The third-order valence-electron chi connectivity index (χ3n) is 3.61. The van der Waals surface area contributed by atoms with Gasteiger partial charge in [0, 0.05) is 11.7 Å². The van der Waals surface area contributed by atoms with E-state index in [4.69, 9.17) is 4.84 Å². The SMILES string of the molecule is CC(=O)C1ON2C(C(=O)O)=C3CCSC[C@@H]3[C@H]12. The van der Waals surface area contributed by atoms with Crippen molar-refractivity contribution < 1.29 is 19.5 Å². The Balaban J connectivity index is 1.95. The molecule has 2 fully saturated rings. The molecule has 3 atom stereocenters. The van der Waals surface area contributed by atoms with Crippen molar-refractivity contribution in [3.8, 4) is 0 Å². The first-order valence-electron chi connectivity index (χ1n) is 5.62. The van der Waals surface area contributed by atoms with Crippen molar-refractivity contribution in [2.24, 2.45) is 5.92 Å². The lowest BCUT2D eigenvalue weighted by molar-refractivity contribution is -0.302. The second-order valence-electron chi connectivity index (χ2n) is 4.56. The summed E-state index contributed by atoms with van der Waals surface area (Å²) < 4.78 is 0. The van der Waals surface area contributed by atoms with Crippen LogP contribution in [-0.2, 0) is 14.4 Å². The maximum atomic E-state index is 11.4. The van der Waals surface area contributed by atoms with Crippen LogP contribution in [0.2, 0.25) is 0 Å². The minimum Gasteiger partial charge on any atom is -0.477 e. The standard InChI is InChI=1S/C11H13NO4S/c1-5(13)10-8-7-4-17-3-2-6(7)9(11(14)15)12(8)16-10/h7-8,10H,2-4H2,1H3,(H,14,15)/t7-,8+,10?/m0/s1. The molecule has 17 heavy (non-hydrogen) atoms. The van der Waals surface area contributed by atoms with Gasteiger partial charge in [-0.1, -0.05) is 0 Å². The van der Waals surface area contributed by atoms with E-state index in [-0.39, 0.29) is 23.4 Å². The highest BCUT2D eigenvalue weighted by Crippen LogP contribution is 2.48. The highest BCUT2D eigenvalue weighted by molar-refractivity contribution is 7.99. The Morgan fingerprint density at radius 1 is 1.53 bits per heavy atom. The van der Waals surface area contributed by atoms with E-state index < -0.39 is 12.1 Å². The van der Waals surface area contributed by atoms with Gasteiger partial charge in [0.25, 0.3) is 0 Å². The number of Topliss-reactive ketones (excluding diaryl/α,β-unsaturated/α-hetero) is 1. The Hall–Kier alpha value is -1.01. The van der Waals surface area contributed by atoms with E-state index in [1.165, 1.54) is 12.0 Å². The number of hydrogen-bond donors (Lipinski definition) is 1. The van der Waals surface area contributed by atoms with Crippen LogP contribution in [0.4, 0.5) is 0 Å². The Kier molecular flexibility index (Phi) is 2.45. The second kappa shape index (κ2) is 3.74.